The molecule has 0 heterocycles. The standard InChI is InChI=1S/C21H20N4O6S/c1-30-17-7-3-15(4-8-17)14-22-23-20-12-11-19(13-21(20)25(26)27)32(28,29)24-16-5-9-18(31-2)10-6-16/h3-14,23-24H,1-2H3. The van der Waals surface area contributed by atoms with E-state index < -0.39 is 20.6 Å². The Labute approximate surface area is 184 Å². The van der Waals surface area contributed by atoms with Crippen molar-refractivity contribution in [2.45, 2.75) is 4.90 Å². The summed E-state index contributed by atoms with van der Waals surface area (Å²) in [5, 5.41) is 15.5. The molecule has 0 amide bonds. The van der Waals surface area contributed by atoms with Crippen LogP contribution in [0, 0.1) is 10.1 Å². The molecule has 0 aliphatic heterocycles. The minimum Gasteiger partial charge on any atom is -0.497 e. The first-order valence-corrected chi connectivity index (χ1v) is 10.7. The van der Waals surface area contributed by atoms with Crippen LogP contribution in [0.15, 0.2) is 76.7 Å². The minimum atomic E-state index is -4.05. The summed E-state index contributed by atoms with van der Waals surface area (Å²) >= 11 is 0. The summed E-state index contributed by atoms with van der Waals surface area (Å²) in [6.07, 6.45) is 1.47. The predicted octanol–water partition coefficient (Wildman–Crippen LogP) is 3.86. The Kier molecular flexibility index (Phi) is 6.90. The summed E-state index contributed by atoms with van der Waals surface area (Å²) in [5.41, 5.74) is 3.22. The Bertz CT molecular complexity index is 1230. The van der Waals surface area contributed by atoms with Gasteiger partial charge in [0.1, 0.15) is 17.2 Å². The first kappa shape index (κ1) is 22.6. The molecule has 0 fully saturated rings. The lowest BCUT2D eigenvalue weighted by molar-refractivity contribution is -0.384. The van der Waals surface area contributed by atoms with Crippen LogP contribution in [0.4, 0.5) is 17.1 Å². The van der Waals surface area contributed by atoms with Crippen LogP contribution < -0.4 is 19.6 Å². The van der Waals surface area contributed by atoms with Crippen LogP contribution in [0.25, 0.3) is 0 Å². The third-order valence-corrected chi connectivity index (χ3v) is 5.71. The molecule has 0 radical (unpaired) electrons. The van der Waals surface area contributed by atoms with Gasteiger partial charge >= 0.3 is 0 Å². The third-order valence-electron chi connectivity index (χ3n) is 4.33. The Balaban J connectivity index is 1.79. The first-order chi connectivity index (χ1) is 15.3. The normalized spacial score (nSPS) is 11.2. The fraction of sp³-hybridized carbons (Fsp3) is 0.0952. The van der Waals surface area contributed by atoms with Crippen molar-refractivity contribution in [3.05, 3.63) is 82.4 Å². The summed E-state index contributed by atoms with van der Waals surface area (Å²) in [5.74, 6) is 1.25. The Morgan fingerprint density at radius 1 is 0.938 bits per heavy atom. The average Bonchev–Trinajstić information content (AvgIpc) is 2.79. The smallest absolute Gasteiger partial charge is 0.295 e. The molecule has 0 atom stereocenters. The molecule has 3 aromatic rings. The number of hydrogen-bond donors (Lipinski definition) is 2. The molecule has 2 N–H and O–H groups in total. The maximum atomic E-state index is 12.7. The second kappa shape index (κ2) is 9.79. The number of nitro benzene ring substituents is 1. The summed E-state index contributed by atoms with van der Waals surface area (Å²) in [4.78, 5) is 10.6. The minimum absolute atomic E-state index is 0.0446. The highest BCUT2D eigenvalue weighted by molar-refractivity contribution is 7.92. The SMILES string of the molecule is COc1ccc(C=NNc2ccc(S(=O)(=O)Nc3ccc(OC)cc3)cc2[N+](=O)[O-])cc1. The third kappa shape index (κ3) is 5.52. The van der Waals surface area contributed by atoms with Crippen molar-refractivity contribution in [2.24, 2.45) is 5.10 Å². The second-order valence-electron chi connectivity index (χ2n) is 6.41. The monoisotopic (exact) mass is 456 g/mol. The number of nitrogens with one attached hydrogen (secondary N) is 2. The highest BCUT2D eigenvalue weighted by atomic mass is 32.2. The number of sulfonamides is 1. The lowest BCUT2D eigenvalue weighted by Gasteiger charge is -2.10. The average molecular weight is 456 g/mol. The van der Waals surface area contributed by atoms with E-state index in [1.807, 2.05) is 0 Å². The number of anilines is 2. The molecular formula is C21H20N4O6S. The van der Waals surface area contributed by atoms with Crippen LogP contribution in [0.3, 0.4) is 0 Å². The molecule has 0 aromatic heterocycles. The Morgan fingerprint density at radius 3 is 2.09 bits per heavy atom. The van der Waals surface area contributed by atoms with Gasteiger partial charge in [0.05, 0.1) is 30.3 Å². The van der Waals surface area contributed by atoms with Gasteiger partial charge in [-0.05, 0) is 66.2 Å². The van der Waals surface area contributed by atoms with Crippen molar-refractivity contribution in [1.82, 2.24) is 0 Å². The van der Waals surface area contributed by atoms with Gasteiger partial charge in [-0.3, -0.25) is 20.3 Å². The van der Waals surface area contributed by atoms with Crippen LogP contribution in [-0.2, 0) is 10.0 Å². The molecule has 0 spiro atoms. The Hall–Kier alpha value is -4.12. The van der Waals surface area contributed by atoms with Crippen LogP contribution in [0.2, 0.25) is 0 Å². The lowest BCUT2D eigenvalue weighted by atomic mass is 10.2. The van der Waals surface area contributed by atoms with Crippen LogP contribution in [-0.4, -0.2) is 33.8 Å². The number of hydrazone groups is 1. The molecule has 166 valence electrons. The quantitative estimate of drug-likeness (QED) is 0.284. The van der Waals surface area contributed by atoms with E-state index in [0.717, 1.165) is 11.6 Å². The van der Waals surface area contributed by atoms with Crippen molar-refractivity contribution in [3.63, 3.8) is 0 Å². The molecular weight excluding hydrogens is 436 g/mol. The van der Waals surface area contributed by atoms with Crippen molar-refractivity contribution in [3.8, 4) is 11.5 Å². The number of nitro groups is 1. The number of nitrogens with zero attached hydrogens (tertiary/aromatic N) is 2. The number of ether oxygens (including phenoxy) is 2. The summed E-state index contributed by atoms with van der Waals surface area (Å²) in [7, 11) is -0.998. The zero-order valence-electron chi connectivity index (χ0n) is 17.2. The molecule has 3 rings (SSSR count). The zero-order valence-corrected chi connectivity index (χ0v) is 18.0. The van der Waals surface area contributed by atoms with Gasteiger partial charge in [-0.15, -0.1) is 0 Å². The van der Waals surface area contributed by atoms with E-state index in [1.54, 1.807) is 43.5 Å². The molecule has 0 aliphatic carbocycles. The fourth-order valence-corrected chi connectivity index (χ4v) is 3.74. The van der Waals surface area contributed by atoms with Crippen molar-refractivity contribution >= 4 is 33.3 Å². The summed E-state index contributed by atoms with van der Waals surface area (Å²) < 4.78 is 37.8. The highest BCUT2D eigenvalue weighted by Crippen LogP contribution is 2.29. The zero-order chi connectivity index (χ0) is 23.1. The molecule has 32 heavy (non-hydrogen) atoms. The van der Waals surface area contributed by atoms with Crippen molar-refractivity contribution in [2.75, 3.05) is 24.4 Å². The molecule has 0 aliphatic rings. The van der Waals surface area contributed by atoms with Gasteiger partial charge in [-0.1, -0.05) is 0 Å². The molecule has 0 saturated carbocycles. The number of benzene rings is 3. The van der Waals surface area contributed by atoms with Gasteiger partial charge in [-0.2, -0.15) is 5.10 Å². The predicted molar refractivity (Wildman–Crippen MR) is 121 cm³/mol. The summed E-state index contributed by atoms with van der Waals surface area (Å²) in [6.45, 7) is 0. The van der Waals surface area contributed by atoms with Crippen LogP contribution >= 0.6 is 0 Å². The molecule has 0 unspecified atom stereocenters. The maximum absolute atomic E-state index is 12.7. The summed E-state index contributed by atoms with van der Waals surface area (Å²) in [6, 6.07) is 16.8. The largest absolute Gasteiger partial charge is 0.497 e. The van der Waals surface area contributed by atoms with Crippen LogP contribution in [0.1, 0.15) is 5.56 Å². The van der Waals surface area contributed by atoms with E-state index >= 15 is 0 Å². The first-order valence-electron chi connectivity index (χ1n) is 9.21. The molecule has 10 nitrogen and oxygen atoms in total. The molecule has 3 aromatic carbocycles. The van der Waals surface area contributed by atoms with E-state index in [-0.39, 0.29) is 10.6 Å². The molecule has 0 saturated heterocycles. The number of rotatable bonds is 9. The van der Waals surface area contributed by atoms with Gasteiger partial charge < -0.3 is 9.47 Å². The van der Waals surface area contributed by atoms with Crippen molar-refractivity contribution < 1.29 is 22.8 Å². The van der Waals surface area contributed by atoms with Gasteiger partial charge in [0, 0.05) is 11.8 Å². The van der Waals surface area contributed by atoms with E-state index in [2.05, 4.69) is 15.2 Å². The van der Waals surface area contributed by atoms with E-state index in [9.17, 15) is 18.5 Å². The van der Waals surface area contributed by atoms with Gasteiger partial charge in [0.2, 0.25) is 0 Å². The molecule has 11 heteroatoms. The van der Waals surface area contributed by atoms with E-state index in [1.165, 1.54) is 37.6 Å². The van der Waals surface area contributed by atoms with Gasteiger partial charge in [0.25, 0.3) is 15.7 Å². The van der Waals surface area contributed by atoms with Crippen molar-refractivity contribution in [1.29, 1.82) is 0 Å². The van der Waals surface area contributed by atoms with Gasteiger partial charge in [-0.25, -0.2) is 8.42 Å². The molecule has 0 bridgehead atoms. The number of methoxy groups -OCH3 is 2. The number of hydrogen-bond acceptors (Lipinski definition) is 8. The highest BCUT2D eigenvalue weighted by Gasteiger charge is 2.21. The topological polar surface area (TPSA) is 132 Å². The lowest BCUT2D eigenvalue weighted by Crippen LogP contribution is -2.13. The van der Waals surface area contributed by atoms with E-state index in [0.29, 0.717) is 17.2 Å². The van der Waals surface area contributed by atoms with Gasteiger partial charge in [0.15, 0.2) is 0 Å². The van der Waals surface area contributed by atoms with Crippen LogP contribution in [0.5, 0.6) is 11.5 Å². The fourth-order valence-electron chi connectivity index (χ4n) is 2.66. The second-order valence-corrected chi connectivity index (χ2v) is 8.10. The maximum Gasteiger partial charge on any atom is 0.295 e. The van der Waals surface area contributed by atoms with E-state index in [4.69, 9.17) is 9.47 Å². The Morgan fingerprint density at radius 2 is 1.53 bits per heavy atom.